The SMILES string of the molecule is CN(C)C/C=C/C(=O)N1CCCC1.O=CN1CCC(c2cc3c(-c4cnn5ncccc45)ccnc3[nH]2)CC1. The average molecular weight is 529 g/mol. The first kappa shape index (κ1) is 26.6. The minimum absolute atomic E-state index is 0.166. The molecular weight excluding hydrogens is 492 g/mol. The van der Waals surface area contributed by atoms with E-state index in [1.165, 1.54) is 5.69 Å². The fourth-order valence-electron chi connectivity index (χ4n) is 5.27. The van der Waals surface area contributed by atoms with Crippen LogP contribution in [-0.4, -0.2) is 98.6 Å². The summed E-state index contributed by atoms with van der Waals surface area (Å²) in [4.78, 5) is 36.2. The molecule has 0 unspecified atom stereocenters. The van der Waals surface area contributed by atoms with Crippen molar-refractivity contribution >= 4 is 28.9 Å². The van der Waals surface area contributed by atoms with Gasteiger partial charge in [0, 0.05) is 73.8 Å². The van der Waals surface area contributed by atoms with E-state index in [9.17, 15) is 9.59 Å². The van der Waals surface area contributed by atoms with E-state index in [0.717, 1.165) is 92.5 Å². The number of hydrogen-bond donors (Lipinski definition) is 1. The van der Waals surface area contributed by atoms with Crippen molar-refractivity contribution in [3.8, 4) is 11.1 Å². The van der Waals surface area contributed by atoms with Gasteiger partial charge in [-0.15, -0.1) is 0 Å². The first-order chi connectivity index (χ1) is 19.0. The molecule has 204 valence electrons. The van der Waals surface area contributed by atoms with Crippen LogP contribution in [0.4, 0.5) is 0 Å². The maximum absolute atomic E-state index is 11.4. The van der Waals surface area contributed by atoms with Gasteiger partial charge in [0.2, 0.25) is 12.3 Å². The highest BCUT2D eigenvalue weighted by atomic mass is 16.2. The second kappa shape index (κ2) is 12.2. The number of nitrogens with zero attached hydrogens (tertiary/aromatic N) is 7. The van der Waals surface area contributed by atoms with Crippen molar-refractivity contribution in [2.24, 2.45) is 0 Å². The van der Waals surface area contributed by atoms with Gasteiger partial charge in [0.15, 0.2) is 0 Å². The van der Waals surface area contributed by atoms with E-state index in [2.05, 4.69) is 26.2 Å². The first-order valence-corrected chi connectivity index (χ1v) is 13.6. The van der Waals surface area contributed by atoms with Crippen molar-refractivity contribution in [2.75, 3.05) is 46.8 Å². The molecule has 2 saturated heterocycles. The van der Waals surface area contributed by atoms with Crippen LogP contribution in [0.1, 0.15) is 37.3 Å². The van der Waals surface area contributed by atoms with Crippen LogP contribution in [0.2, 0.25) is 0 Å². The number of carbonyl (C=O) groups is 2. The van der Waals surface area contributed by atoms with Gasteiger partial charge in [0.05, 0.1) is 11.7 Å². The molecule has 4 aromatic rings. The fourth-order valence-corrected chi connectivity index (χ4v) is 5.27. The molecule has 2 aliphatic heterocycles. The molecule has 0 radical (unpaired) electrons. The topological polar surface area (TPSA) is 103 Å². The number of piperidine rings is 1. The van der Waals surface area contributed by atoms with Crippen molar-refractivity contribution < 1.29 is 9.59 Å². The van der Waals surface area contributed by atoms with Gasteiger partial charge >= 0.3 is 0 Å². The Morgan fingerprint density at radius 2 is 1.87 bits per heavy atom. The minimum atomic E-state index is 0.166. The largest absolute Gasteiger partial charge is 0.345 e. The third kappa shape index (κ3) is 6.17. The molecule has 0 bridgehead atoms. The summed E-state index contributed by atoms with van der Waals surface area (Å²) in [6.45, 7) is 4.32. The Hall–Kier alpha value is -4.05. The molecule has 6 rings (SSSR count). The zero-order valence-electron chi connectivity index (χ0n) is 22.7. The predicted octanol–water partition coefficient (Wildman–Crippen LogP) is 3.34. The maximum Gasteiger partial charge on any atom is 0.246 e. The summed E-state index contributed by atoms with van der Waals surface area (Å²) in [7, 11) is 3.98. The zero-order chi connectivity index (χ0) is 27.2. The number of carbonyl (C=O) groups excluding carboxylic acids is 2. The van der Waals surface area contributed by atoms with Crippen LogP contribution in [0.15, 0.2) is 55.0 Å². The van der Waals surface area contributed by atoms with E-state index in [4.69, 9.17) is 0 Å². The molecule has 2 aliphatic rings. The first-order valence-electron chi connectivity index (χ1n) is 13.6. The molecule has 1 N–H and O–H groups in total. The summed E-state index contributed by atoms with van der Waals surface area (Å²) in [5.74, 6) is 0.596. The van der Waals surface area contributed by atoms with Crippen LogP contribution in [0.25, 0.3) is 27.7 Å². The Morgan fingerprint density at radius 3 is 2.62 bits per heavy atom. The zero-order valence-corrected chi connectivity index (χ0v) is 22.7. The van der Waals surface area contributed by atoms with E-state index in [1.807, 2.05) is 65.5 Å². The monoisotopic (exact) mass is 528 g/mol. The summed E-state index contributed by atoms with van der Waals surface area (Å²) >= 11 is 0. The molecule has 4 aromatic heterocycles. The minimum Gasteiger partial charge on any atom is -0.345 e. The number of aromatic amines is 1. The highest BCUT2D eigenvalue weighted by Gasteiger charge is 2.22. The third-order valence-electron chi connectivity index (χ3n) is 7.41. The molecule has 10 nitrogen and oxygen atoms in total. The fraction of sp³-hybridized carbons (Fsp3) is 0.414. The second-order valence-corrected chi connectivity index (χ2v) is 10.4. The van der Waals surface area contributed by atoms with Gasteiger partial charge in [-0.2, -0.15) is 14.8 Å². The molecular formula is C29H36N8O2. The number of likely N-dealkylation sites (N-methyl/N-ethyl adjacent to an activating group) is 1. The molecule has 10 heteroatoms. The number of nitrogens with one attached hydrogen (secondary N) is 1. The Bertz CT molecular complexity index is 1440. The van der Waals surface area contributed by atoms with E-state index in [1.54, 1.807) is 16.9 Å². The van der Waals surface area contributed by atoms with Gasteiger partial charge in [-0.05, 0) is 69.6 Å². The highest BCUT2D eigenvalue weighted by Crippen LogP contribution is 2.34. The van der Waals surface area contributed by atoms with Crippen LogP contribution >= 0.6 is 0 Å². The molecule has 0 aromatic carbocycles. The number of pyridine rings is 1. The number of fused-ring (bicyclic) bond motifs is 2. The van der Waals surface area contributed by atoms with Gasteiger partial charge in [-0.1, -0.05) is 6.08 Å². The van der Waals surface area contributed by atoms with Crippen LogP contribution in [-0.2, 0) is 9.59 Å². The Morgan fingerprint density at radius 1 is 1.08 bits per heavy atom. The Labute approximate surface area is 228 Å². The summed E-state index contributed by atoms with van der Waals surface area (Å²) in [6.07, 6.45) is 14.2. The predicted molar refractivity (Wildman–Crippen MR) is 151 cm³/mol. The van der Waals surface area contributed by atoms with Crippen LogP contribution in [0, 0.1) is 0 Å². The lowest BCUT2D eigenvalue weighted by Crippen LogP contribution is -2.31. The molecule has 6 heterocycles. The molecule has 0 aliphatic carbocycles. The van der Waals surface area contributed by atoms with E-state index >= 15 is 0 Å². The van der Waals surface area contributed by atoms with E-state index in [0.29, 0.717) is 5.92 Å². The number of hydrogen-bond acceptors (Lipinski definition) is 6. The lowest BCUT2D eigenvalue weighted by atomic mass is 9.93. The normalized spacial score (nSPS) is 16.4. The van der Waals surface area contributed by atoms with Gasteiger partial charge in [0.25, 0.3) is 0 Å². The highest BCUT2D eigenvalue weighted by molar-refractivity contribution is 5.97. The van der Waals surface area contributed by atoms with E-state index < -0.39 is 0 Å². The standard InChI is InChI=1S/C19H18N6O.C10H18N2O/c26-12-24-8-4-13(5-9-24)17-10-15-14(3-7-20-19(15)23-17)16-11-22-25-18(16)2-1-6-21-25;1-11(2)7-5-6-10(13)12-8-3-4-9-12/h1-3,6-7,10-13H,4-5,8-9H2,(H,20,23);5-6H,3-4,7-9H2,1-2H3/b;6-5+. The quantitative estimate of drug-likeness (QED) is 0.304. The molecule has 0 spiro atoms. The molecule has 2 fully saturated rings. The molecule has 0 atom stereocenters. The van der Waals surface area contributed by atoms with Gasteiger partial charge in [0.1, 0.15) is 5.65 Å². The van der Waals surface area contributed by atoms with Crippen molar-refractivity contribution in [3.63, 3.8) is 0 Å². The maximum atomic E-state index is 11.4. The van der Waals surface area contributed by atoms with Crippen LogP contribution in [0.5, 0.6) is 0 Å². The van der Waals surface area contributed by atoms with Gasteiger partial charge in [-0.3, -0.25) is 9.59 Å². The van der Waals surface area contributed by atoms with Crippen molar-refractivity contribution in [3.05, 3.63) is 60.7 Å². The van der Waals surface area contributed by atoms with Crippen molar-refractivity contribution in [1.82, 2.24) is 39.5 Å². The third-order valence-corrected chi connectivity index (χ3v) is 7.41. The number of amides is 2. The van der Waals surface area contributed by atoms with Gasteiger partial charge < -0.3 is 19.7 Å². The lowest BCUT2D eigenvalue weighted by molar-refractivity contribution is -0.125. The molecule has 39 heavy (non-hydrogen) atoms. The van der Waals surface area contributed by atoms with Gasteiger partial charge in [-0.25, -0.2) is 4.98 Å². The summed E-state index contributed by atoms with van der Waals surface area (Å²) in [6, 6.07) is 8.17. The van der Waals surface area contributed by atoms with Crippen LogP contribution in [0.3, 0.4) is 0 Å². The molecule has 0 saturated carbocycles. The Kier molecular flexibility index (Phi) is 8.31. The van der Waals surface area contributed by atoms with Crippen LogP contribution < -0.4 is 0 Å². The smallest absolute Gasteiger partial charge is 0.246 e. The summed E-state index contributed by atoms with van der Waals surface area (Å²) in [5, 5.41) is 9.70. The number of rotatable bonds is 6. The van der Waals surface area contributed by atoms with Crippen molar-refractivity contribution in [2.45, 2.75) is 31.6 Å². The summed E-state index contributed by atoms with van der Waals surface area (Å²) in [5.41, 5.74) is 5.21. The van der Waals surface area contributed by atoms with E-state index in [-0.39, 0.29) is 5.91 Å². The number of likely N-dealkylation sites (tertiary alicyclic amines) is 2. The summed E-state index contributed by atoms with van der Waals surface area (Å²) < 4.78 is 1.64. The molecule has 2 amide bonds. The van der Waals surface area contributed by atoms with Crippen molar-refractivity contribution in [1.29, 1.82) is 0 Å². The number of aromatic nitrogens is 5. The average Bonchev–Trinajstić information content (AvgIpc) is 3.73. The number of H-pyrrole nitrogens is 1. The second-order valence-electron chi connectivity index (χ2n) is 10.4. The Balaban J connectivity index is 0.000000201. The lowest BCUT2D eigenvalue weighted by Gasteiger charge is -2.28.